The van der Waals surface area contributed by atoms with Crippen LogP contribution in [0, 0.1) is 12.3 Å². The topological polar surface area (TPSA) is 72.2 Å². The van der Waals surface area contributed by atoms with Crippen LogP contribution in [0.4, 0.5) is 5.69 Å². The Morgan fingerprint density at radius 2 is 2.05 bits per heavy atom. The van der Waals surface area contributed by atoms with Crippen LogP contribution in [0.15, 0.2) is 23.1 Å². The molecule has 0 aliphatic heterocycles. The van der Waals surface area contributed by atoms with E-state index in [4.69, 9.17) is 5.73 Å². The van der Waals surface area contributed by atoms with Gasteiger partial charge in [-0.25, -0.2) is 13.1 Å². The summed E-state index contributed by atoms with van der Waals surface area (Å²) in [5.41, 5.74) is 7.41. The lowest BCUT2D eigenvalue weighted by molar-refractivity contribution is 0.212. The van der Waals surface area contributed by atoms with E-state index in [-0.39, 0.29) is 16.4 Å². The van der Waals surface area contributed by atoms with Crippen LogP contribution < -0.4 is 10.5 Å². The Bertz CT molecular complexity index is 594. The number of aryl methyl sites for hydroxylation is 1. The van der Waals surface area contributed by atoms with Crippen molar-refractivity contribution in [2.75, 3.05) is 5.73 Å². The summed E-state index contributed by atoms with van der Waals surface area (Å²) in [5.74, 6) is 0. The molecule has 1 saturated carbocycles. The standard InChI is InChI=1S/C15H24N2O2S/c1-11-6-7-13(9-14(11)16)20(18,19)17-12-5-4-8-15(2,3)10-12/h6-7,9,12,17H,4-5,8,10,16H2,1-3H3. The van der Waals surface area contributed by atoms with Crippen LogP contribution in [0.1, 0.15) is 45.1 Å². The minimum Gasteiger partial charge on any atom is -0.398 e. The fourth-order valence-electron chi connectivity index (χ4n) is 2.87. The average molecular weight is 296 g/mol. The molecule has 1 unspecified atom stereocenters. The van der Waals surface area contributed by atoms with Gasteiger partial charge in [-0.3, -0.25) is 0 Å². The van der Waals surface area contributed by atoms with Gasteiger partial charge in [0, 0.05) is 11.7 Å². The fraction of sp³-hybridized carbons (Fsp3) is 0.600. The van der Waals surface area contributed by atoms with Crippen LogP contribution in [-0.4, -0.2) is 14.5 Å². The largest absolute Gasteiger partial charge is 0.398 e. The molecule has 0 saturated heterocycles. The van der Waals surface area contributed by atoms with Crippen molar-refractivity contribution >= 4 is 15.7 Å². The summed E-state index contributed by atoms with van der Waals surface area (Å²) in [6.07, 6.45) is 4.01. The maximum absolute atomic E-state index is 12.4. The molecule has 1 aromatic rings. The number of rotatable bonds is 3. The quantitative estimate of drug-likeness (QED) is 0.842. The summed E-state index contributed by atoms with van der Waals surface area (Å²) in [6.45, 7) is 6.25. The van der Waals surface area contributed by atoms with Gasteiger partial charge in [-0.2, -0.15) is 0 Å². The first-order valence-corrected chi connectivity index (χ1v) is 8.56. The molecule has 3 N–H and O–H groups in total. The zero-order chi connectivity index (χ0) is 15.0. The predicted molar refractivity (Wildman–Crippen MR) is 81.9 cm³/mol. The van der Waals surface area contributed by atoms with Crippen molar-refractivity contribution in [1.82, 2.24) is 4.72 Å². The van der Waals surface area contributed by atoms with Gasteiger partial charge < -0.3 is 5.73 Å². The molecule has 0 spiro atoms. The van der Waals surface area contributed by atoms with Crippen LogP contribution in [-0.2, 0) is 10.0 Å². The second-order valence-electron chi connectivity index (χ2n) is 6.60. The molecule has 0 aromatic heterocycles. The van der Waals surface area contributed by atoms with E-state index in [2.05, 4.69) is 18.6 Å². The van der Waals surface area contributed by atoms with Crippen LogP contribution in [0.5, 0.6) is 0 Å². The van der Waals surface area contributed by atoms with Gasteiger partial charge in [0.2, 0.25) is 10.0 Å². The van der Waals surface area contributed by atoms with Crippen molar-refractivity contribution in [1.29, 1.82) is 0 Å². The van der Waals surface area contributed by atoms with E-state index in [1.807, 2.05) is 6.92 Å². The minimum absolute atomic E-state index is 0.0197. The number of nitrogen functional groups attached to an aromatic ring is 1. The zero-order valence-corrected chi connectivity index (χ0v) is 13.3. The third kappa shape index (κ3) is 3.52. The first kappa shape index (κ1) is 15.3. The van der Waals surface area contributed by atoms with Gasteiger partial charge in [0.1, 0.15) is 0 Å². The van der Waals surface area contributed by atoms with Gasteiger partial charge in [-0.15, -0.1) is 0 Å². The highest BCUT2D eigenvalue weighted by atomic mass is 32.2. The predicted octanol–water partition coefficient (Wildman–Crippen LogP) is 2.82. The lowest BCUT2D eigenvalue weighted by Gasteiger charge is -2.35. The third-order valence-electron chi connectivity index (χ3n) is 4.09. The van der Waals surface area contributed by atoms with E-state index in [9.17, 15) is 8.42 Å². The molecule has 0 bridgehead atoms. The van der Waals surface area contributed by atoms with Crippen molar-refractivity contribution in [2.24, 2.45) is 5.41 Å². The average Bonchev–Trinajstić information content (AvgIpc) is 2.30. The summed E-state index contributed by atoms with van der Waals surface area (Å²) in [6, 6.07) is 4.91. The molecule has 2 rings (SSSR count). The van der Waals surface area contributed by atoms with Crippen LogP contribution >= 0.6 is 0 Å². The molecule has 5 heteroatoms. The highest BCUT2D eigenvalue weighted by Crippen LogP contribution is 2.35. The molecule has 1 fully saturated rings. The molecule has 1 atom stereocenters. The lowest BCUT2D eigenvalue weighted by atomic mass is 9.75. The highest BCUT2D eigenvalue weighted by molar-refractivity contribution is 7.89. The highest BCUT2D eigenvalue weighted by Gasteiger charge is 2.30. The van der Waals surface area contributed by atoms with Crippen molar-refractivity contribution in [3.63, 3.8) is 0 Å². The number of anilines is 1. The number of benzene rings is 1. The smallest absolute Gasteiger partial charge is 0.240 e. The van der Waals surface area contributed by atoms with Crippen LogP contribution in [0.2, 0.25) is 0 Å². The van der Waals surface area contributed by atoms with Gasteiger partial charge in [0.05, 0.1) is 4.90 Å². The van der Waals surface area contributed by atoms with Crippen molar-refractivity contribution in [3.8, 4) is 0 Å². The molecule has 0 radical (unpaired) electrons. The summed E-state index contributed by atoms with van der Waals surface area (Å²) < 4.78 is 27.6. The van der Waals surface area contributed by atoms with E-state index in [1.54, 1.807) is 12.1 Å². The third-order valence-corrected chi connectivity index (χ3v) is 5.61. The van der Waals surface area contributed by atoms with Crippen molar-refractivity contribution in [2.45, 2.75) is 57.4 Å². The monoisotopic (exact) mass is 296 g/mol. The Labute approximate surface area is 121 Å². The van der Waals surface area contributed by atoms with Crippen molar-refractivity contribution < 1.29 is 8.42 Å². The second kappa shape index (κ2) is 5.37. The number of sulfonamides is 1. The molecule has 0 amide bonds. The molecule has 1 aliphatic rings. The van der Waals surface area contributed by atoms with E-state index < -0.39 is 10.0 Å². The summed E-state index contributed by atoms with van der Waals surface area (Å²) in [4.78, 5) is 0.254. The first-order chi connectivity index (χ1) is 9.20. The molecular formula is C15H24N2O2S. The molecule has 0 heterocycles. The van der Waals surface area contributed by atoms with E-state index in [1.165, 1.54) is 6.07 Å². The molecule has 1 aliphatic carbocycles. The first-order valence-electron chi connectivity index (χ1n) is 7.08. The number of nitrogens with two attached hydrogens (primary N) is 1. The Morgan fingerprint density at radius 1 is 1.35 bits per heavy atom. The molecule has 20 heavy (non-hydrogen) atoms. The van der Waals surface area contributed by atoms with Crippen LogP contribution in [0.25, 0.3) is 0 Å². The Kier molecular flexibility index (Phi) is 4.12. The van der Waals surface area contributed by atoms with Gasteiger partial charge >= 0.3 is 0 Å². The van der Waals surface area contributed by atoms with Gasteiger partial charge in [0.25, 0.3) is 0 Å². The minimum atomic E-state index is -3.48. The van der Waals surface area contributed by atoms with Gasteiger partial charge in [-0.05, 0) is 49.3 Å². The van der Waals surface area contributed by atoms with E-state index in [0.29, 0.717) is 5.69 Å². The summed E-state index contributed by atoms with van der Waals surface area (Å²) in [5, 5.41) is 0. The second-order valence-corrected chi connectivity index (χ2v) is 8.31. The Morgan fingerprint density at radius 3 is 2.65 bits per heavy atom. The molecule has 1 aromatic carbocycles. The van der Waals surface area contributed by atoms with E-state index in [0.717, 1.165) is 31.2 Å². The maximum Gasteiger partial charge on any atom is 0.240 e. The maximum atomic E-state index is 12.4. The van der Waals surface area contributed by atoms with Crippen LogP contribution in [0.3, 0.4) is 0 Å². The lowest BCUT2D eigenvalue weighted by Crippen LogP contribution is -2.40. The summed E-state index contributed by atoms with van der Waals surface area (Å²) in [7, 11) is -3.48. The molecule has 4 nitrogen and oxygen atoms in total. The zero-order valence-electron chi connectivity index (χ0n) is 12.4. The molecule has 112 valence electrons. The van der Waals surface area contributed by atoms with Gasteiger partial charge in [0.15, 0.2) is 0 Å². The van der Waals surface area contributed by atoms with Gasteiger partial charge in [-0.1, -0.05) is 26.3 Å². The van der Waals surface area contributed by atoms with Crippen molar-refractivity contribution in [3.05, 3.63) is 23.8 Å². The Balaban J connectivity index is 2.16. The summed E-state index contributed by atoms with van der Waals surface area (Å²) >= 11 is 0. The normalized spacial score (nSPS) is 22.6. The number of hydrogen-bond donors (Lipinski definition) is 2. The fourth-order valence-corrected chi connectivity index (χ4v) is 4.18. The molecular weight excluding hydrogens is 272 g/mol. The SMILES string of the molecule is Cc1ccc(S(=O)(=O)NC2CCCC(C)(C)C2)cc1N. The Hall–Kier alpha value is -1.07. The number of nitrogens with one attached hydrogen (secondary N) is 1. The number of hydrogen-bond acceptors (Lipinski definition) is 3. The van der Waals surface area contributed by atoms with E-state index >= 15 is 0 Å².